The van der Waals surface area contributed by atoms with E-state index in [1.54, 1.807) is 20.8 Å². The molecule has 236 valence electrons. The molecule has 2 aromatic rings. The Bertz CT molecular complexity index is 1510. The fourth-order valence-electron chi connectivity index (χ4n) is 6.42. The molecule has 2 aromatic carbocycles. The van der Waals surface area contributed by atoms with Crippen molar-refractivity contribution in [2.24, 2.45) is 23.2 Å². The summed E-state index contributed by atoms with van der Waals surface area (Å²) in [5.41, 5.74) is -2.50. The zero-order valence-electron chi connectivity index (χ0n) is 24.3. The van der Waals surface area contributed by atoms with Gasteiger partial charge in [-0.2, -0.15) is 0 Å². The molecule has 2 bridgehead atoms. The van der Waals surface area contributed by atoms with E-state index >= 15 is 0 Å². The third kappa shape index (κ3) is 6.72. The van der Waals surface area contributed by atoms with Gasteiger partial charge in [-0.1, -0.05) is 39.3 Å². The van der Waals surface area contributed by atoms with Crippen LogP contribution in [0.25, 0.3) is 0 Å². The standard InChI is InChI=1S/C30H36ClF3N2O6S/c1-15-7-17-9-20(12-21(15)30(17,40)13-19(37)14-35-28(39)29(2,3)4)43(41,42)25-8-16(5-6-22(25)31)27(38)36-18-10-23(32)26(34)24(33)11-18/h5-6,8,10-11,15,17,19-21,37,40H,7,9,12-14H2,1-4H3,(H,35,39)(H,36,38)/t15-,17?,19?,20?,21?,30+/m0/s1. The van der Waals surface area contributed by atoms with Gasteiger partial charge in [-0.3, -0.25) is 9.59 Å². The van der Waals surface area contributed by atoms with Gasteiger partial charge in [0.25, 0.3) is 5.91 Å². The Morgan fingerprint density at radius 1 is 1.09 bits per heavy atom. The van der Waals surface area contributed by atoms with Gasteiger partial charge >= 0.3 is 0 Å². The van der Waals surface area contributed by atoms with Gasteiger partial charge in [-0.25, -0.2) is 21.6 Å². The van der Waals surface area contributed by atoms with Gasteiger partial charge in [0.1, 0.15) is 0 Å². The summed E-state index contributed by atoms with van der Waals surface area (Å²) in [5, 5.41) is 26.3. The third-order valence-electron chi connectivity index (χ3n) is 8.68. The van der Waals surface area contributed by atoms with Crippen molar-refractivity contribution in [3.05, 3.63) is 58.4 Å². The highest BCUT2D eigenvalue weighted by atomic mass is 35.5. The minimum absolute atomic E-state index is 0.0230. The van der Waals surface area contributed by atoms with Gasteiger partial charge in [0, 0.05) is 41.8 Å². The predicted molar refractivity (Wildman–Crippen MR) is 155 cm³/mol. The van der Waals surface area contributed by atoms with Crippen LogP contribution < -0.4 is 10.6 Å². The van der Waals surface area contributed by atoms with Crippen LogP contribution in [0.1, 0.15) is 63.7 Å². The van der Waals surface area contributed by atoms with Crippen molar-refractivity contribution < 1.29 is 41.4 Å². The fourth-order valence-corrected chi connectivity index (χ4v) is 8.79. The zero-order chi connectivity index (χ0) is 32.1. The van der Waals surface area contributed by atoms with Crippen LogP contribution in [0.4, 0.5) is 18.9 Å². The molecule has 2 fully saturated rings. The second kappa shape index (κ2) is 12.0. The van der Waals surface area contributed by atoms with Crippen LogP contribution in [-0.4, -0.2) is 53.9 Å². The molecule has 0 aliphatic heterocycles. The van der Waals surface area contributed by atoms with Gasteiger partial charge in [0.15, 0.2) is 27.3 Å². The molecule has 0 saturated heterocycles. The lowest BCUT2D eigenvalue weighted by molar-refractivity contribution is -0.130. The number of amides is 2. The Hall–Kier alpha value is -2.67. The Morgan fingerprint density at radius 2 is 1.72 bits per heavy atom. The van der Waals surface area contributed by atoms with E-state index in [-0.39, 0.29) is 58.8 Å². The molecular weight excluding hydrogens is 609 g/mol. The number of rotatable bonds is 8. The quantitative estimate of drug-likeness (QED) is 0.304. The molecule has 0 heterocycles. The number of fused-ring (bicyclic) bond motifs is 2. The number of sulfone groups is 1. The monoisotopic (exact) mass is 644 g/mol. The first kappa shape index (κ1) is 33.2. The van der Waals surface area contributed by atoms with E-state index in [0.717, 1.165) is 6.07 Å². The minimum atomic E-state index is -4.12. The number of carbonyl (C=O) groups is 2. The van der Waals surface area contributed by atoms with Crippen LogP contribution in [0, 0.1) is 40.6 Å². The Balaban J connectivity index is 1.51. The Morgan fingerprint density at radius 3 is 2.30 bits per heavy atom. The topological polar surface area (TPSA) is 133 Å². The van der Waals surface area contributed by atoms with Crippen LogP contribution in [-0.2, 0) is 14.6 Å². The summed E-state index contributed by atoms with van der Waals surface area (Å²) < 4.78 is 68.2. The zero-order valence-corrected chi connectivity index (χ0v) is 25.8. The molecule has 2 aliphatic carbocycles. The lowest BCUT2D eigenvalue weighted by Crippen LogP contribution is -2.52. The number of aliphatic hydroxyl groups is 2. The molecule has 0 spiro atoms. The summed E-state index contributed by atoms with van der Waals surface area (Å²) >= 11 is 6.29. The molecule has 4 N–H and O–H groups in total. The summed E-state index contributed by atoms with van der Waals surface area (Å²) in [6.45, 7) is 7.11. The molecule has 0 aromatic heterocycles. The van der Waals surface area contributed by atoms with Crippen molar-refractivity contribution in [3.8, 4) is 0 Å². The van der Waals surface area contributed by atoms with E-state index < -0.39 is 67.4 Å². The number of nitrogens with one attached hydrogen (secondary N) is 2. The molecule has 2 amide bonds. The average Bonchev–Trinajstić information content (AvgIpc) is 3.02. The van der Waals surface area contributed by atoms with Crippen LogP contribution in [0.3, 0.4) is 0 Å². The van der Waals surface area contributed by atoms with Crippen molar-refractivity contribution in [3.63, 3.8) is 0 Å². The van der Waals surface area contributed by atoms with Crippen LogP contribution in [0.15, 0.2) is 35.2 Å². The Labute approximate surface area is 253 Å². The minimum Gasteiger partial charge on any atom is -0.391 e. The van der Waals surface area contributed by atoms with Crippen LogP contribution >= 0.6 is 11.6 Å². The first-order chi connectivity index (χ1) is 19.8. The van der Waals surface area contributed by atoms with E-state index in [0.29, 0.717) is 18.6 Å². The van der Waals surface area contributed by atoms with E-state index in [1.807, 2.05) is 6.92 Å². The SMILES string of the molecule is C[C@H]1CC2CC(S(=O)(=O)c3cc(C(=O)Nc4cc(F)c(F)c(F)c4)ccc3Cl)CC1[C@@]2(O)CC(O)CNC(=O)C(C)(C)C. The van der Waals surface area contributed by atoms with E-state index in [2.05, 4.69) is 10.6 Å². The van der Waals surface area contributed by atoms with Crippen molar-refractivity contribution in [2.75, 3.05) is 11.9 Å². The summed E-state index contributed by atoms with van der Waals surface area (Å²) in [6, 6.07) is 4.75. The molecule has 43 heavy (non-hydrogen) atoms. The predicted octanol–water partition coefficient (Wildman–Crippen LogP) is 4.86. The van der Waals surface area contributed by atoms with E-state index in [1.165, 1.54) is 12.1 Å². The summed E-state index contributed by atoms with van der Waals surface area (Å²) in [6.07, 6.45) is -0.312. The van der Waals surface area contributed by atoms with Crippen molar-refractivity contribution in [2.45, 2.75) is 75.2 Å². The number of carbonyl (C=O) groups excluding carboxylic acids is 2. The molecule has 4 rings (SSSR count). The summed E-state index contributed by atoms with van der Waals surface area (Å²) in [4.78, 5) is 24.7. The second-order valence-corrected chi connectivity index (χ2v) is 15.4. The lowest BCUT2D eigenvalue weighted by atomic mass is 9.70. The first-order valence-electron chi connectivity index (χ1n) is 14.0. The van der Waals surface area contributed by atoms with Gasteiger partial charge in [0.2, 0.25) is 5.91 Å². The fraction of sp³-hybridized carbons (Fsp3) is 0.533. The molecular formula is C30H36ClF3N2O6S. The molecule has 0 radical (unpaired) electrons. The van der Waals surface area contributed by atoms with Crippen molar-refractivity contribution in [1.82, 2.24) is 5.32 Å². The molecule has 13 heteroatoms. The number of hydrogen-bond donors (Lipinski definition) is 4. The van der Waals surface area contributed by atoms with Crippen molar-refractivity contribution in [1.29, 1.82) is 0 Å². The van der Waals surface area contributed by atoms with Crippen LogP contribution in [0.2, 0.25) is 5.02 Å². The highest BCUT2D eigenvalue weighted by Gasteiger charge is 2.58. The lowest BCUT2D eigenvalue weighted by Gasteiger charge is -2.44. The molecule has 6 atom stereocenters. The smallest absolute Gasteiger partial charge is 0.255 e. The number of hydrogen-bond acceptors (Lipinski definition) is 6. The number of halogens is 4. The number of benzene rings is 2. The molecule has 2 saturated carbocycles. The highest BCUT2D eigenvalue weighted by molar-refractivity contribution is 7.92. The highest BCUT2D eigenvalue weighted by Crippen LogP contribution is 2.56. The number of anilines is 1. The molecule has 4 unspecified atom stereocenters. The maximum Gasteiger partial charge on any atom is 0.255 e. The van der Waals surface area contributed by atoms with Gasteiger partial charge in [-0.05, 0) is 55.2 Å². The molecule has 8 nitrogen and oxygen atoms in total. The Kier molecular flexibility index (Phi) is 9.29. The maximum atomic E-state index is 13.9. The second-order valence-electron chi connectivity index (χ2n) is 12.8. The largest absolute Gasteiger partial charge is 0.391 e. The van der Waals surface area contributed by atoms with Crippen LogP contribution in [0.5, 0.6) is 0 Å². The van der Waals surface area contributed by atoms with E-state index in [4.69, 9.17) is 11.6 Å². The average molecular weight is 645 g/mol. The summed E-state index contributed by atoms with van der Waals surface area (Å²) in [5.74, 6) is -6.75. The van der Waals surface area contributed by atoms with Crippen molar-refractivity contribution >= 4 is 38.9 Å². The third-order valence-corrected chi connectivity index (χ3v) is 11.3. The van der Waals surface area contributed by atoms with Gasteiger partial charge in [-0.15, -0.1) is 0 Å². The normalized spacial score (nSPS) is 26.2. The maximum absolute atomic E-state index is 13.9. The number of aliphatic hydroxyl groups excluding tert-OH is 1. The summed E-state index contributed by atoms with van der Waals surface area (Å²) in [7, 11) is -4.12. The van der Waals surface area contributed by atoms with Gasteiger partial charge < -0.3 is 20.8 Å². The van der Waals surface area contributed by atoms with Gasteiger partial charge in [0.05, 0.1) is 26.9 Å². The molecule has 2 aliphatic rings. The van der Waals surface area contributed by atoms with E-state index in [9.17, 15) is 41.4 Å². The first-order valence-corrected chi connectivity index (χ1v) is 15.9.